The molecule has 0 aliphatic rings. The summed E-state index contributed by atoms with van der Waals surface area (Å²) in [7, 11) is -3.28. The molecule has 0 fully saturated rings. The molecule has 28 heavy (non-hydrogen) atoms. The molecule has 5 nitrogen and oxygen atoms in total. The van der Waals surface area contributed by atoms with E-state index in [0.717, 1.165) is 20.8 Å². The third-order valence-electron chi connectivity index (χ3n) is 4.27. The monoisotopic (exact) mass is 428 g/mol. The second kappa shape index (κ2) is 7.46. The molecule has 0 saturated carbocycles. The minimum atomic E-state index is -3.28. The number of sulfone groups is 1. The van der Waals surface area contributed by atoms with Gasteiger partial charge in [0.2, 0.25) is 0 Å². The van der Waals surface area contributed by atoms with E-state index < -0.39 is 9.84 Å². The minimum absolute atomic E-state index is 0.0270. The van der Waals surface area contributed by atoms with Crippen molar-refractivity contribution in [3.8, 4) is 10.6 Å². The Morgan fingerprint density at radius 1 is 1.07 bits per heavy atom. The van der Waals surface area contributed by atoms with Gasteiger partial charge in [-0.05, 0) is 47.8 Å². The van der Waals surface area contributed by atoms with Gasteiger partial charge in [-0.1, -0.05) is 19.1 Å². The van der Waals surface area contributed by atoms with Crippen molar-refractivity contribution in [2.75, 3.05) is 11.1 Å². The standard InChI is InChI=1S/C20H16N2O3S3/c1-2-28(24,25)14-9-7-13(8-10-14)18(23)22-19-15(11-12-26-19)20-21-16-5-3-4-6-17(16)27-20/h3-12H,2H2,1H3,(H,22,23). The number of thiophene rings is 1. The lowest BCUT2D eigenvalue weighted by molar-refractivity contribution is 0.102. The molecule has 0 radical (unpaired) electrons. The van der Waals surface area contributed by atoms with Crippen LogP contribution in [0.25, 0.3) is 20.8 Å². The summed E-state index contributed by atoms with van der Waals surface area (Å²) in [4.78, 5) is 17.5. The lowest BCUT2D eigenvalue weighted by atomic mass is 10.2. The maximum Gasteiger partial charge on any atom is 0.256 e. The van der Waals surface area contributed by atoms with Crippen molar-refractivity contribution in [2.45, 2.75) is 11.8 Å². The molecule has 0 atom stereocenters. The van der Waals surface area contributed by atoms with Crippen LogP contribution in [-0.4, -0.2) is 25.1 Å². The highest BCUT2D eigenvalue weighted by Gasteiger charge is 2.16. The number of nitrogens with zero attached hydrogens (tertiary/aromatic N) is 1. The molecule has 0 saturated heterocycles. The van der Waals surface area contributed by atoms with E-state index in [0.29, 0.717) is 10.6 Å². The molecule has 4 rings (SSSR count). The van der Waals surface area contributed by atoms with E-state index in [2.05, 4.69) is 10.3 Å². The summed E-state index contributed by atoms with van der Waals surface area (Å²) in [5.74, 6) is -0.260. The zero-order valence-electron chi connectivity index (χ0n) is 14.9. The van der Waals surface area contributed by atoms with Gasteiger partial charge < -0.3 is 5.32 Å². The van der Waals surface area contributed by atoms with Gasteiger partial charge in [-0.25, -0.2) is 13.4 Å². The summed E-state index contributed by atoms with van der Waals surface area (Å²) in [5, 5.41) is 6.40. The van der Waals surface area contributed by atoms with E-state index >= 15 is 0 Å². The average molecular weight is 429 g/mol. The molecule has 1 amide bonds. The van der Waals surface area contributed by atoms with Gasteiger partial charge in [-0.2, -0.15) is 0 Å². The topological polar surface area (TPSA) is 76.1 Å². The number of nitrogens with one attached hydrogen (secondary N) is 1. The summed E-state index contributed by atoms with van der Waals surface area (Å²) in [5.41, 5.74) is 2.21. The summed E-state index contributed by atoms with van der Waals surface area (Å²) in [6.07, 6.45) is 0. The van der Waals surface area contributed by atoms with Crippen LogP contribution in [0.4, 0.5) is 5.00 Å². The normalized spacial score (nSPS) is 11.6. The molecule has 142 valence electrons. The second-order valence-corrected chi connectivity index (χ2v) is 10.3. The predicted octanol–water partition coefficient (Wildman–Crippen LogP) is 5.07. The number of rotatable bonds is 5. The molecule has 2 aromatic carbocycles. The summed E-state index contributed by atoms with van der Waals surface area (Å²) in [6, 6.07) is 15.8. The lowest BCUT2D eigenvalue weighted by Crippen LogP contribution is -2.12. The number of anilines is 1. The van der Waals surface area contributed by atoms with Crippen LogP contribution in [0.5, 0.6) is 0 Å². The van der Waals surface area contributed by atoms with Crippen molar-refractivity contribution in [3.05, 3.63) is 65.5 Å². The van der Waals surface area contributed by atoms with Crippen molar-refractivity contribution in [1.82, 2.24) is 4.98 Å². The van der Waals surface area contributed by atoms with E-state index in [9.17, 15) is 13.2 Å². The molecule has 0 aliphatic carbocycles. The number of carbonyl (C=O) groups is 1. The summed E-state index contributed by atoms with van der Waals surface area (Å²) < 4.78 is 24.9. The molecule has 1 N–H and O–H groups in total. The minimum Gasteiger partial charge on any atom is -0.313 e. The molecule has 0 spiro atoms. The van der Waals surface area contributed by atoms with Crippen molar-refractivity contribution in [1.29, 1.82) is 0 Å². The Bertz CT molecular complexity index is 1220. The first kappa shape index (κ1) is 18.8. The number of benzene rings is 2. The highest BCUT2D eigenvalue weighted by Crippen LogP contribution is 2.37. The second-order valence-electron chi connectivity index (χ2n) is 6.03. The first-order valence-corrected chi connectivity index (χ1v) is 11.9. The Hall–Kier alpha value is -2.55. The Balaban J connectivity index is 1.59. The lowest BCUT2D eigenvalue weighted by Gasteiger charge is -2.06. The molecule has 2 heterocycles. The Morgan fingerprint density at radius 2 is 1.82 bits per heavy atom. The van der Waals surface area contributed by atoms with Crippen molar-refractivity contribution in [3.63, 3.8) is 0 Å². The zero-order valence-corrected chi connectivity index (χ0v) is 17.3. The van der Waals surface area contributed by atoms with E-state index in [-0.39, 0.29) is 16.6 Å². The van der Waals surface area contributed by atoms with E-state index in [1.807, 2.05) is 35.7 Å². The first-order chi connectivity index (χ1) is 13.5. The van der Waals surface area contributed by atoms with Crippen LogP contribution in [0.2, 0.25) is 0 Å². The van der Waals surface area contributed by atoms with Crippen molar-refractivity contribution >= 4 is 53.6 Å². The SMILES string of the molecule is CCS(=O)(=O)c1ccc(C(=O)Nc2sccc2-c2nc3ccccc3s2)cc1. The van der Waals surface area contributed by atoms with Crippen LogP contribution in [0, 0.1) is 0 Å². The van der Waals surface area contributed by atoms with Gasteiger partial charge in [0.25, 0.3) is 5.91 Å². The van der Waals surface area contributed by atoms with Crippen LogP contribution in [0.3, 0.4) is 0 Å². The number of amides is 1. The highest BCUT2D eigenvalue weighted by molar-refractivity contribution is 7.91. The zero-order chi connectivity index (χ0) is 19.7. The Kier molecular flexibility index (Phi) is 5.01. The van der Waals surface area contributed by atoms with Crippen LogP contribution >= 0.6 is 22.7 Å². The molecule has 8 heteroatoms. The molecule has 0 unspecified atom stereocenters. The fourth-order valence-corrected chi connectivity index (χ4v) is 5.45. The van der Waals surface area contributed by atoms with Gasteiger partial charge >= 0.3 is 0 Å². The van der Waals surface area contributed by atoms with Crippen LogP contribution in [-0.2, 0) is 9.84 Å². The first-order valence-electron chi connectivity index (χ1n) is 8.55. The predicted molar refractivity (Wildman–Crippen MR) is 115 cm³/mol. The van der Waals surface area contributed by atoms with Crippen LogP contribution in [0.1, 0.15) is 17.3 Å². The van der Waals surface area contributed by atoms with Gasteiger partial charge in [-0.3, -0.25) is 4.79 Å². The third-order valence-corrected chi connectivity index (χ3v) is 7.92. The van der Waals surface area contributed by atoms with Gasteiger partial charge in [0.15, 0.2) is 9.84 Å². The summed E-state index contributed by atoms with van der Waals surface area (Å²) in [6.45, 7) is 1.59. The number of thiazole rings is 1. The number of aromatic nitrogens is 1. The van der Waals surface area contributed by atoms with Gasteiger partial charge in [0.05, 0.1) is 20.9 Å². The molecule has 4 aromatic rings. The summed E-state index contributed by atoms with van der Waals surface area (Å²) >= 11 is 3.00. The quantitative estimate of drug-likeness (QED) is 0.481. The number of hydrogen-bond donors (Lipinski definition) is 1. The van der Waals surface area contributed by atoms with Crippen LogP contribution < -0.4 is 5.32 Å². The van der Waals surface area contributed by atoms with Crippen molar-refractivity contribution in [2.24, 2.45) is 0 Å². The molecule has 0 bridgehead atoms. The van der Waals surface area contributed by atoms with E-state index in [4.69, 9.17) is 0 Å². The number of para-hydroxylation sites is 1. The van der Waals surface area contributed by atoms with Gasteiger partial charge in [0, 0.05) is 11.1 Å². The van der Waals surface area contributed by atoms with E-state index in [1.54, 1.807) is 18.3 Å². The van der Waals surface area contributed by atoms with Crippen molar-refractivity contribution < 1.29 is 13.2 Å². The fraction of sp³-hybridized carbons (Fsp3) is 0.100. The fourth-order valence-electron chi connectivity index (χ4n) is 2.72. The molecular weight excluding hydrogens is 412 g/mol. The Morgan fingerprint density at radius 3 is 2.54 bits per heavy atom. The highest BCUT2D eigenvalue weighted by atomic mass is 32.2. The van der Waals surface area contributed by atoms with Gasteiger partial charge in [-0.15, -0.1) is 22.7 Å². The molecule has 2 aromatic heterocycles. The third kappa shape index (κ3) is 3.58. The molecular formula is C20H16N2O3S3. The smallest absolute Gasteiger partial charge is 0.256 e. The van der Waals surface area contributed by atoms with E-state index in [1.165, 1.54) is 35.6 Å². The van der Waals surface area contributed by atoms with Crippen LogP contribution in [0.15, 0.2) is 64.9 Å². The maximum absolute atomic E-state index is 12.6. The molecule has 0 aliphatic heterocycles. The largest absolute Gasteiger partial charge is 0.313 e. The average Bonchev–Trinajstić information content (AvgIpc) is 3.34. The number of carbonyl (C=O) groups excluding carboxylic acids is 1. The maximum atomic E-state index is 12.6. The van der Waals surface area contributed by atoms with Gasteiger partial charge in [0.1, 0.15) is 10.0 Å². The number of hydrogen-bond acceptors (Lipinski definition) is 6. The number of fused-ring (bicyclic) bond motifs is 1. The Labute approximate surface area is 170 Å².